The molecule has 3 aromatic heterocycles. The number of nitrogens with one attached hydrogen (secondary N) is 1. The Labute approximate surface area is 258 Å². The molecule has 2 fully saturated rings. The standard InChI is InChI=1S/C31H38F4N8O2/c1-19(2)43-23-15-28(38-27-5-7-36-30(39-27)42-8-6-25(44-4)22(32)17-42)37-16-21(23)29-24(43)13-20(41-11-9-40(3)10-12-41)14-26(29)45-18-31(33,34)35/h5,7,13-16,19,22,25H,6,8-12,17-18H2,1-4H3,(H,36,37,38,39)/t22-,25+/m1/s1. The van der Waals surface area contributed by atoms with Gasteiger partial charge >= 0.3 is 6.18 Å². The van der Waals surface area contributed by atoms with Crippen molar-refractivity contribution in [2.75, 3.05) is 75.1 Å². The lowest BCUT2D eigenvalue weighted by molar-refractivity contribution is -0.153. The molecule has 0 unspecified atom stereocenters. The van der Waals surface area contributed by atoms with Crippen molar-refractivity contribution in [3.8, 4) is 5.75 Å². The van der Waals surface area contributed by atoms with Gasteiger partial charge in [0.25, 0.3) is 0 Å². The number of hydrogen-bond donors (Lipinski definition) is 1. The lowest BCUT2D eigenvalue weighted by Gasteiger charge is -2.34. The average molecular weight is 631 g/mol. The Morgan fingerprint density at radius 2 is 1.78 bits per heavy atom. The van der Waals surface area contributed by atoms with Gasteiger partial charge in [0.15, 0.2) is 6.61 Å². The zero-order chi connectivity index (χ0) is 31.9. The molecule has 45 heavy (non-hydrogen) atoms. The number of aromatic nitrogens is 4. The number of halogens is 4. The SMILES string of the molecule is CO[C@H]1CCN(c2nccc(Nc3cc4c(cn3)c3c(OCC(F)(F)F)cc(N5CCN(C)CC5)cc3n4C(C)C)n2)C[C@H]1F. The first-order valence-corrected chi connectivity index (χ1v) is 15.1. The first-order chi connectivity index (χ1) is 21.5. The Kier molecular flexibility index (Phi) is 8.61. The van der Waals surface area contributed by atoms with Crippen LogP contribution in [0.25, 0.3) is 21.8 Å². The largest absolute Gasteiger partial charge is 0.483 e. The number of alkyl halides is 4. The van der Waals surface area contributed by atoms with Crippen LogP contribution < -0.4 is 19.9 Å². The topological polar surface area (TPSA) is 83.8 Å². The van der Waals surface area contributed by atoms with Crippen molar-refractivity contribution < 1.29 is 27.0 Å². The second-order valence-corrected chi connectivity index (χ2v) is 12.0. The van der Waals surface area contributed by atoms with E-state index >= 15 is 0 Å². The number of piperidine rings is 1. The van der Waals surface area contributed by atoms with E-state index in [1.807, 2.05) is 26.0 Å². The van der Waals surface area contributed by atoms with Gasteiger partial charge in [-0.2, -0.15) is 18.2 Å². The van der Waals surface area contributed by atoms with Crippen molar-refractivity contribution in [3.63, 3.8) is 0 Å². The number of hydrogen-bond acceptors (Lipinski definition) is 9. The molecule has 242 valence electrons. The molecular weight excluding hydrogens is 592 g/mol. The van der Waals surface area contributed by atoms with E-state index < -0.39 is 25.1 Å². The number of rotatable bonds is 8. The van der Waals surface area contributed by atoms with Crippen LogP contribution in [0.4, 0.5) is 40.8 Å². The van der Waals surface area contributed by atoms with Crippen LogP contribution in [0, 0.1) is 0 Å². The fourth-order valence-corrected chi connectivity index (χ4v) is 6.19. The van der Waals surface area contributed by atoms with Gasteiger partial charge in [-0.05, 0) is 39.4 Å². The summed E-state index contributed by atoms with van der Waals surface area (Å²) in [4.78, 5) is 19.7. The Morgan fingerprint density at radius 3 is 2.47 bits per heavy atom. The summed E-state index contributed by atoms with van der Waals surface area (Å²) < 4.78 is 67.4. The molecule has 0 spiro atoms. The lowest BCUT2D eigenvalue weighted by Crippen LogP contribution is -2.46. The van der Waals surface area contributed by atoms with E-state index in [9.17, 15) is 17.6 Å². The predicted molar refractivity (Wildman–Crippen MR) is 167 cm³/mol. The number of likely N-dealkylation sites (N-methyl/N-ethyl adjacent to an activating group) is 1. The second-order valence-electron chi connectivity index (χ2n) is 12.0. The first-order valence-electron chi connectivity index (χ1n) is 15.1. The van der Waals surface area contributed by atoms with Crippen LogP contribution >= 0.6 is 0 Å². The maximum absolute atomic E-state index is 14.5. The summed E-state index contributed by atoms with van der Waals surface area (Å²) in [6, 6.07) is 7.30. The van der Waals surface area contributed by atoms with E-state index in [2.05, 4.69) is 41.7 Å². The Hall–Kier alpha value is -3.91. The van der Waals surface area contributed by atoms with Crippen molar-refractivity contribution in [1.82, 2.24) is 24.4 Å². The van der Waals surface area contributed by atoms with Crippen LogP contribution in [0.3, 0.4) is 0 Å². The normalized spacial score (nSPS) is 20.0. The number of fused-ring (bicyclic) bond motifs is 3. The van der Waals surface area contributed by atoms with E-state index in [4.69, 9.17) is 9.47 Å². The number of benzene rings is 1. The third-order valence-corrected chi connectivity index (χ3v) is 8.48. The van der Waals surface area contributed by atoms with Crippen molar-refractivity contribution in [2.24, 2.45) is 0 Å². The maximum atomic E-state index is 14.5. The highest BCUT2D eigenvalue weighted by atomic mass is 19.4. The summed E-state index contributed by atoms with van der Waals surface area (Å²) in [6.07, 6.45) is -2.28. The molecule has 10 nitrogen and oxygen atoms in total. The van der Waals surface area contributed by atoms with E-state index in [0.717, 1.165) is 42.9 Å². The number of pyridine rings is 1. The maximum Gasteiger partial charge on any atom is 0.422 e. The molecule has 0 saturated carbocycles. The Balaban J connectivity index is 1.37. The van der Waals surface area contributed by atoms with Gasteiger partial charge in [0.2, 0.25) is 5.95 Å². The zero-order valence-corrected chi connectivity index (χ0v) is 25.8. The van der Waals surface area contributed by atoms with Crippen LogP contribution in [0.1, 0.15) is 26.3 Å². The fraction of sp³-hybridized carbons (Fsp3) is 0.516. The summed E-state index contributed by atoms with van der Waals surface area (Å²) in [6.45, 7) is 6.61. The minimum Gasteiger partial charge on any atom is -0.483 e. The highest BCUT2D eigenvalue weighted by molar-refractivity contribution is 6.12. The number of anilines is 4. The van der Waals surface area contributed by atoms with Gasteiger partial charge in [-0.15, -0.1) is 0 Å². The van der Waals surface area contributed by atoms with E-state index in [1.54, 1.807) is 29.4 Å². The van der Waals surface area contributed by atoms with E-state index in [-0.39, 0.29) is 18.3 Å². The van der Waals surface area contributed by atoms with Crippen molar-refractivity contribution in [3.05, 3.63) is 36.7 Å². The highest BCUT2D eigenvalue weighted by Gasteiger charge is 2.31. The third-order valence-electron chi connectivity index (χ3n) is 8.48. The van der Waals surface area contributed by atoms with Gasteiger partial charge in [-0.3, -0.25) is 0 Å². The van der Waals surface area contributed by atoms with Crippen molar-refractivity contribution in [2.45, 2.75) is 44.8 Å². The summed E-state index contributed by atoms with van der Waals surface area (Å²) >= 11 is 0. The summed E-state index contributed by atoms with van der Waals surface area (Å²) in [5, 5.41) is 4.50. The minimum atomic E-state index is -4.48. The van der Waals surface area contributed by atoms with Gasteiger partial charge in [-0.25, -0.2) is 14.4 Å². The van der Waals surface area contributed by atoms with Crippen molar-refractivity contribution >= 4 is 45.1 Å². The van der Waals surface area contributed by atoms with Gasteiger partial charge in [0, 0.05) is 81.5 Å². The molecule has 0 aliphatic carbocycles. The molecule has 2 aliphatic rings. The quantitative estimate of drug-likeness (QED) is 0.252. The molecule has 0 bridgehead atoms. The molecule has 0 amide bonds. The van der Waals surface area contributed by atoms with Gasteiger partial charge < -0.3 is 34.1 Å². The molecule has 2 saturated heterocycles. The van der Waals surface area contributed by atoms with Gasteiger partial charge in [0.05, 0.1) is 29.1 Å². The predicted octanol–water partition coefficient (Wildman–Crippen LogP) is 5.56. The van der Waals surface area contributed by atoms with Gasteiger partial charge in [0.1, 0.15) is 23.6 Å². The molecule has 2 aliphatic heterocycles. The lowest BCUT2D eigenvalue weighted by atomic mass is 10.1. The van der Waals surface area contributed by atoms with E-state index in [0.29, 0.717) is 41.3 Å². The smallest absolute Gasteiger partial charge is 0.422 e. The Morgan fingerprint density at radius 1 is 1.00 bits per heavy atom. The number of nitrogens with zero attached hydrogens (tertiary/aromatic N) is 7. The first kappa shape index (κ1) is 31.1. The molecule has 1 N–H and O–H groups in total. The minimum absolute atomic E-state index is 0.0206. The number of methoxy groups -OCH3 is 1. The second kappa shape index (κ2) is 12.5. The third kappa shape index (κ3) is 6.57. The Bertz CT molecular complexity index is 1650. The molecule has 6 rings (SSSR count). The van der Waals surface area contributed by atoms with Crippen LogP contribution in [-0.4, -0.2) is 103 Å². The highest BCUT2D eigenvalue weighted by Crippen LogP contribution is 2.42. The van der Waals surface area contributed by atoms with Crippen LogP contribution in [-0.2, 0) is 4.74 Å². The molecule has 14 heteroatoms. The molecule has 5 heterocycles. The number of piperazine rings is 1. The summed E-state index contributed by atoms with van der Waals surface area (Å²) in [5.41, 5.74) is 2.39. The van der Waals surface area contributed by atoms with Crippen molar-refractivity contribution in [1.29, 1.82) is 0 Å². The van der Waals surface area contributed by atoms with Gasteiger partial charge in [-0.1, -0.05) is 0 Å². The number of ether oxygens (including phenoxy) is 2. The van der Waals surface area contributed by atoms with Crippen LogP contribution in [0.15, 0.2) is 36.7 Å². The monoisotopic (exact) mass is 630 g/mol. The average Bonchev–Trinajstić information content (AvgIpc) is 3.34. The molecule has 1 aromatic carbocycles. The molecular formula is C31H38F4N8O2. The summed E-state index contributed by atoms with van der Waals surface area (Å²) in [5.74, 6) is 1.55. The molecule has 4 aromatic rings. The summed E-state index contributed by atoms with van der Waals surface area (Å²) in [7, 11) is 3.57. The van der Waals surface area contributed by atoms with Crippen LogP contribution in [0.2, 0.25) is 0 Å². The molecule has 0 radical (unpaired) electrons. The zero-order valence-electron chi connectivity index (χ0n) is 25.8. The van der Waals surface area contributed by atoms with Crippen LogP contribution in [0.5, 0.6) is 5.75 Å². The fourth-order valence-electron chi connectivity index (χ4n) is 6.19. The molecule has 2 atom stereocenters. The van der Waals surface area contributed by atoms with E-state index in [1.165, 1.54) is 7.11 Å².